The molecule has 8 aromatic rings. The SMILES string of the molecule is C=C/C=C(\C=C/C)C(N=C)=NC(=NCc1ccc(-n2c3c(C)c(-c4ccccc4C)c4ccccc4c3c3c4ccccc4c4ccccc4c32)cc1)C(/C=C\CC)=C/C. The highest BCUT2D eigenvalue weighted by Gasteiger charge is 2.25. The largest absolute Gasteiger partial charge is 0.308 e. The van der Waals surface area contributed by atoms with Crippen molar-refractivity contribution in [3.05, 3.63) is 198 Å². The van der Waals surface area contributed by atoms with E-state index in [1.165, 1.54) is 76.4 Å². The summed E-state index contributed by atoms with van der Waals surface area (Å²) in [5, 5.41) is 10.1. The molecule has 0 spiro atoms. The molecule has 0 radical (unpaired) electrons. The van der Waals surface area contributed by atoms with Gasteiger partial charge < -0.3 is 4.57 Å². The number of hydrogen-bond acceptors (Lipinski definition) is 1. The molecule has 0 amide bonds. The molecule has 7 aromatic carbocycles. The molecule has 0 atom stereocenters. The molecule has 0 saturated carbocycles. The number of fused-ring (bicyclic) bond motifs is 10. The Bertz CT molecular complexity index is 3160. The van der Waals surface area contributed by atoms with Gasteiger partial charge in [0.1, 0.15) is 0 Å². The lowest BCUT2D eigenvalue weighted by molar-refractivity contribution is 1.05. The summed E-state index contributed by atoms with van der Waals surface area (Å²) in [4.78, 5) is 14.4. The number of aryl methyl sites for hydroxylation is 2. The van der Waals surface area contributed by atoms with E-state index < -0.39 is 0 Å². The van der Waals surface area contributed by atoms with Crippen LogP contribution in [-0.4, -0.2) is 23.0 Å². The van der Waals surface area contributed by atoms with Gasteiger partial charge in [-0.2, -0.15) is 0 Å². The van der Waals surface area contributed by atoms with Gasteiger partial charge in [0.05, 0.1) is 17.6 Å². The smallest absolute Gasteiger partial charge is 0.160 e. The van der Waals surface area contributed by atoms with E-state index in [0.717, 1.165) is 28.8 Å². The molecule has 0 aliphatic heterocycles. The second kappa shape index (κ2) is 17.4. The highest BCUT2D eigenvalue weighted by molar-refractivity contribution is 6.37. The van der Waals surface area contributed by atoms with Crippen LogP contribution in [0.5, 0.6) is 0 Å². The van der Waals surface area contributed by atoms with Crippen LogP contribution in [0.15, 0.2) is 197 Å². The Balaban J connectivity index is 1.39. The summed E-state index contributed by atoms with van der Waals surface area (Å²) in [6, 6.07) is 44.4. The van der Waals surface area contributed by atoms with Crippen molar-refractivity contribution in [3.8, 4) is 16.8 Å². The average Bonchev–Trinajstić information content (AvgIpc) is 3.65. The second-order valence-electron chi connectivity index (χ2n) is 15.0. The van der Waals surface area contributed by atoms with Gasteiger partial charge in [0, 0.05) is 33.0 Å². The van der Waals surface area contributed by atoms with Crippen LogP contribution in [0.1, 0.15) is 43.9 Å². The van der Waals surface area contributed by atoms with E-state index in [2.05, 4.69) is 177 Å². The minimum absolute atomic E-state index is 0.437. The zero-order valence-corrected chi connectivity index (χ0v) is 35.2. The Kier molecular flexibility index (Phi) is 11.5. The van der Waals surface area contributed by atoms with Gasteiger partial charge in [-0.1, -0.05) is 165 Å². The van der Waals surface area contributed by atoms with Crippen molar-refractivity contribution >= 4 is 72.5 Å². The fourth-order valence-corrected chi connectivity index (χ4v) is 8.72. The number of rotatable bonds is 10. The number of hydrogen-bond donors (Lipinski definition) is 0. The predicted octanol–water partition coefficient (Wildman–Crippen LogP) is 15.1. The monoisotopic (exact) mass is 778 g/mol. The topological polar surface area (TPSA) is 42.0 Å². The standard InChI is InChI=1S/C56H50N4/c1-8-12-24-40(11-4)56(59-55(57-7)41(21-9-2)22-10-3)58-36-39-32-34-42(35-33-39)60-53-38(6)50(43-25-14-13-23-37(43)5)47-29-18-19-30-48(47)51(53)52-46-28-17-15-26-44(46)45-27-16-20-31-49(45)54(52)60/h9-35H,2,7-8,36H2,1,3-6H3/b22-10-,24-12-,40-11+,41-21+,58-56?,59-55?. The maximum atomic E-state index is 5.12. The number of amidine groups is 2. The van der Waals surface area contributed by atoms with E-state index in [4.69, 9.17) is 9.98 Å². The first-order valence-corrected chi connectivity index (χ1v) is 20.8. The number of aliphatic imine (C=N–C) groups is 3. The van der Waals surface area contributed by atoms with Gasteiger partial charge in [-0.15, -0.1) is 0 Å². The third-order valence-corrected chi connectivity index (χ3v) is 11.4. The van der Waals surface area contributed by atoms with Crippen molar-refractivity contribution in [3.63, 3.8) is 0 Å². The summed E-state index contributed by atoms with van der Waals surface area (Å²) in [6.07, 6.45) is 14.7. The normalized spacial score (nSPS) is 13.3. The lowest BCUT2D eigenvalue weighted by Crippen LogP contribution is -2.06. The molecule has 0 unspecified atom stereocenters. The molecule has 1 aromatic heterocycles. The molecule has 0 aliphatic carbocycles. The van der Waals surface area contributed by atoms with E-state index in [-0.39, 0.29) is 0 Å². The zero-order chi connectivity index (χ0) is 41.8. The Morgan fingerprint density at radius 1 is 0.650 bits per heavy atom. The Morgan fingerprint density at radius 3 is 1.88 bits per heavy atom. The van der Waals surface area contributed by atoms with Crippen LogP contribution in [-0.2, 0) is 6.54 Å². The van der Waals surface area contributed by atoms with E-state index in [9.17, 15) is 0 Å². The van der Waals surface area contributed by atoms with Crippen LogP contribution in [0.2, 0.25) is 0 Å². The summed E-state index contributed by atoms with van der Waals surface area (Å²) in [6.45, 7) is 18.8. The highest BCUT2D eigenvalue weighted by atomic mass is 15.0. The summed E-state index contributed by atoms with van der Waals surface area (Å²) >= 11 is 0. The Labute approximate surface area is 353 Å². The fraction of sp³-hybridized carbons (Fsp3) is 0.125. The van der Waals surface area contributed by atoms with Crippen molar-refractivity contribution in [2.24, 2.45) is 15.0 Å². The van der Waals surface area contributed by atoms with E-state index in [1.807, 2.05) is 38.2 Å². The van der Waals surface area contributed by atoms with Crippen LogP contribution in [0.4, 0.5) is 0 Å². The molecule has 0 aliphatic rings. The number of nitrogens with zero attached hydrogens (tertiary/aromatic N) is 4. The number of aromatic nitrogens is 1. The van der Waals surface area contributed by atoms with Gasteiger partial charge in [-0.05, 0) is 108 Å². The molecule has 0 fully saturated rings. The number of benzene rings is 7. The van der Waals surface area contributed by atoms with E-state index >= 15 is 0 Å². The predicted molar refractivity (Wildman–Crippen MR) is 263 cm³/mol. The summed E-state index contributed by atoms with van der Waals surface area (Å²) in [7, 11) is 0. The average molecular weight is 779 g/mol. The highest BCUT2D eigenvalue weighted by Crippen LogP contribution is 2.48. The molecule has 60 heavy (non-hydrogen) atoms. The molecule has 4 nitrogen and oxygen atoms in total. The minimum Gasteiger partial charge on any atom is -0.308 e. The summed E-state index contributed by atoms with van der Waals surface area (Å²) in [5.41, 5.74) is 11.4. The maximum Gasteiger partial charge on any atom is 0.160 e. The molecule has 0 saturated heterocycles. The molecule has 0 N–H and O–H groups in total. The van der Waals surface area contributed by atoms with Gasteiger partial charge in [0.15, 0.2) is 11.7 Å². The first kappa shape index (κ1) is 39.6. The van der Waals surface area contributed by atoms with Crippen LogP contribution in [0, 0.1) is 13.8 Å². The lowest BCUT2D eigenvalue weighted by atomic mass is 9.88. The van der Waals surface area contributed by atoms with Crippen molar-refractivity contribution in [2.45, 2.75) is 47.6 Å². The third kappa shape index (κ3) is 7.05. The molecule has 294 valence electrons. The zero-order valence-electron chi connectivity index (χ0n) is 35.2. The van der Waals surface area contributed by atoms with Gasteiger partial charge >= 0.3 is 0 Å². The van der Waals surface area contributed by atoms with Crippen molar-refractivity contribution in [1.29, 1.82) is 0 Å². The van der Waals surface area contributed by atoms with Crippen LogP contribution in [0.3, 0.4) is 0 Å². The first-order chi connectivity index (χ1) is 29.4. The van der Waals surface area contributed by atoms with Gasteiger partial charge in [-0.25, -0.2) is 9.98 Å². The van der Waals surface area contributed by atoms with Gasteiger partial charge in [0.2, 0.25) is 0 Å². The third-order valence-electron chi connectivity index (χ3n) is 11.4. The van der Waals surface area contributed by atoms with Crippen molar-refractivity contribution in [2.75, 3.05) is 0 Å². The summed E-state index contributed by atoms with van der Waals surface area (Å²) in [5.74, 6) is 1.09. The maximum absolute atomic E-state index is 5.12. The Hall–Kier alpha value is -7.17. The quantitative estimate of drug-likeness (QED) is 0.0574. The fourth-order valence-electron chi connectivity index (χ4n) is 8.72. The van der Waals surface area contributed by atoms with E-state index in [0.29, 0.717) is 18.2 Å². The first-order valence-electron chi connectivity index (χ1n) is 20.8. The number of allylic oxidation sites excluding steroid dienone is 5. The van der Waals surface area contributed by atoms with Crippen LogP contribution in [0.25, 0.3) is 70.9 Å². The Morgan fingerprint density at radius 2 is 1.25 bits per heavy atom. The van der Waals surface area contributed by atoms with Gasteiger partial charge in [0.25, 0.3) is 0 Å². The van der Waals surface area contributed by atoms with Crippen LogP contribution >= 0.6 is 0 Å². The second-order valence-corrected chi connectivity index (χ2v) is 15.0. The van der Waals surface area contributed by atoms with Gasteiger partial charge in [-0.3, -0.25) is 4.99 Å². The molecule has 4 heteroatoms. The summed E-state index contributed by atoms with van der Waals surface area (Å²) < 4.78 is 2.52. The lowest BCUT2D eigenvalue weighted by Gasteiger charge is -2.18. The molecular weight excluding hydrogens is 729 g/mol. The van der Waals surface area contributed by atoms with E-state index in [1.54, 1.807) is 6.08 Å². The van der Waals surface area contributed by atoms with Crippen molar-refractivity contribution < 1.29 is 0 Å². The minimum atomic E-state index is 0.437. The molecule has 8 rings (SSSR count). The van der Waals surface area contributed by atoms with Crippen molar-refractivity contribution in [1.82, 2.24) is 4.57 Å². The molecular formula is C56H50N4. The molecule has 1 heterocycles. The van der Waals surface area contributed by atoms with Crippen LogP contribution < -0.4 is 0 Å². The molecule has 0 bridgehead atoms.